The monoisotopic (exact) mass is 243 g/mol. The van der Waals surface area contributed by atoms with Gasteiger partial charge in [-0.1, -0.05) is 6.07 Å². The Morgan fingerprint density at radius 3 is 2.65 bits per heavy atom. The van der Waals surface area contributed by atoms with Gasteiger partial charge < -0.3 is 10.0 Å². The van der Waals surface area contributed by atoms with Gasteiger partial charge >= 0.3 is 0 Å². The highest BCUT2D eigenvalue weighted by Gasteiger charge is 2.08. The number of carbonyl (C=O) groups excluding carboxylic acids is 1. The molecule has 0 aliphatic rings. The molecule has 0 heterocycles. The Morgan fingerprint density at radius 2 is 2.06 bits per heavy atom. The molecule has 1 amide bonds. The van der Waals surface area contributed by atoms with Crippen LogP contribution in [-0.4, -0.2) is 36.1 Å². The highest BCUT2D eigenvalue weighted by atomic mass is 19.2. The van der Waals surface area contributed by atoms with Crippen molar-refractivity contribution in [2.24, 2.45) is 0 Å². The first-order chi connectivity index (χ1) is 8.04. The minimum atomic E-state index is -0.883. The minimum absolute atomic E-state index is 0.0777. The fraction of sp³-hybridized carbons (Fsp3) is 0.417. The second kappa shape index (κ2) is 6.30. The van der Waals surface area contributed by atoms with Crippen molar-refractivity contribution in [1.82, 2.24) is 4.90 Å². The average molecular weight is 243 g/mol. The molecular weight excluding hydrogens is 228 g/mol. The summed E-state index contributed by atoms with van der Waals surface area (Å²) >= 11 is 0. The third-order valence-corrected chi connectivity index (χ3v) is 2.47. The first kappa shape index (κ1) is 13.6. The third kappa shape index (κ3) is 4.11. The minimum Gasteiger partial charge on any atom is -0.396 e. The van der Waals surface area contributed by atoms with Crippen molar-refractivity contribution >= 4 is 5.91 Å². The predicted molar refractivity (Wildman–Crippen MR) is 59.4 cm³/mol. The van der Waals surface area contributed by atoms with Gasteiger partial charge in [-0.25, -0.2) is 8.78 Å². The van der Waals surface area contributed by atoms with Crippen LogP contribution < -0.4 is 0 Å². The summed E-state index contributed by atoms with van der Waals surface area (Å²) in [6.07, 6.45) is 0.527. The smallest absolute Gasteiger partial charge is 0.224 e. The lowest BCUT2D eigenvalue weighted by Gasteiger charge is -2.16. The highest BCUT2D eigenvalue weighted by molar-refractivity contribution is 5.75. The van der Waals surface area contributed by atoms with Crippen molar-refractivity contribution in [1.29, 1.82) is 0 Å². The molecule has 5 heteroatoms. The summed E-state index contributed by atoms with van der Waals surface area (Å²) in [6, 6.07) is 3.68. The van der Waals surface area contributed by atoms with Crippen LogP contribution in [0.5, 0.6) is 0 Å². The summed E-state index contributed by atoms with van der Waals surface area (Å²) < 4.78 is 25.6. The van der Waals surface area contributed by atoms with E-state index in [1.165, 1.54) is 11.0 Å². The summed E-state index contributed by atoms with van der Waals surface area (Å²) in [4.78, 5) is 12.8. The Labute approximate surface area is 98.7 Å². The number of rotatable bonds is 5. The average Bonchev–Trinajstić information content (AvgIpc) is 2.30. The number of halogens is 2. The van der Waals surface area contributed by atoms with E-state index < -0.39 is 11.6 Å². The Balaban J connectivity index is 2.50. The Morgan fingerprint density at radius 1 is 1.35 bits per heavy atom. The number of benzene rings is 1. The molecular formula is C12H15F2NO2. The van der Waals surface area contributed by atoms with E-state index >= 15 is 0 Å². The maximum absolute atomic E-state index is 12.9. The fourth-order valence-electron chi connectivity index (χ4n) is 1.40. The quantitative estimate of drug-likeness (QED) is 0.848. The lowest BCUT2D eigenvalue weighted by atomic mass is 10.1. The van der Waals surface area contributed by atoms with Gasteiger partial charge in [0.2, 0.25) is 5.91 Å². The van der Waals surface area contributed by atoms with E-state index in [4.69, 9.17) is 5.11 Å². The molecule has 0 spiro atoms. The molecule has 0 atom stereocenters. The normalized spacial score (nSPS) is 10.4. The van der Waals surface area contributed by atoms with Crippen LogP contribution in [0.1, 0.15) is 12.0 Å². The van der Waals surface area contributed by atoms with Crippen LogP contribution in [-0.2, 0) is 11.2 Å². The lowest BCUT2D eigenvalue weighted by Crippen LogP contribution is -2.29. The van der Waals surface area contributed by atoms with Crippen molar-refractivity contribution in [3.63, 3.8) is 0 Å². The molecule has 3 nitrogen and oxygen atoms in total. The predicted octanol–water partition coefficient (Wildman–Crippen LogP) is 1.35. The highest BCUT2D eigenvalue weighted by Crippen LogP contribution is 2.09. The molecule has 0 radical (unpaired) electrons. The van der Waals surface area contributed by atoms with Gasteiger partial charge in [0.05, 0.1) is 6.61 Å². The summed E-state index contributed by atoms with van der Waals surface area (Å²) in [6.45, 7) is 0.220. The first-order valence-electron chi connectivity index (χ1n) is 5.33. The van der Waals surface area contributed by atoms with Gasteiger partial charge in [0.15, 0.2) is 11.6 Å². The summed E-state index contributed by atoms with van der Waals surface area (Å²) in [5, 5.41) is 8.60. The van der Waals surface area contributed by atoms with Crippen LogP contribution in [0.2, 0.25) is 0 Å². The standard InChI is InChI=1S/C12H15F2NO2/c1-15(12(17)5-7-16)6-4-9-2-3-10(13)11(14)8-9/h2-3,8,16H,4-7H2,1H3. The second-order valence-corrected chi connectivity index (χ2v) is 3.79. The largest absolute Gasteiger partial charge is 0.396 e. The van der Waals surface area contributed by atoms with Gasteiger partial charge in [-0.3, -0.25) is 4.79 Å². The fourth-order valence-corrected chi connectivity index (χ4v) is 1.40. The maximum atomic E-state index is 12.9. The van der Waals surface area contributed by atoms with E-state index in [9.17, 15) is 13.6 Å². The lowest BCUT2D eigenvalue weighted by molar-refractivity contribution is -0.130. The van der Waals surface area contributed by atoms with Crippen LogP contribution in [0.15, 0.2) is 18.2 Å². The topological polar surface area (TPSA) is 40.5 Å². The van der Waals surface area contributed by atoms with E-state index in [0.717, 1.165) is 12.1 Å². The number of nitrogens with zero attached hydrogens (tertiary/aromatic N) is 1. The molecule has 0 aliphatic carbocycles. The number of aliphatic hydroxyl groups is 1. The zero-order valence-electron chi connectivity index (χ0n) is 9.62. The molecule has 1 aromatic rings. The van der Waals surface area contributed by atoms with Crippen LogP contribution >= 0.6 is 0 Å². The maximum Gasteiger partial charge on any atom is 0.224 e. The van der Waals surface area contributed by atoms with Crippen molar-refractivity contribution in [3.8, 4) is 0 Å². The second-order valence-electron chi connectivity index (χ2n) is 3.79. The molecule has 0 saturated heterocycles. The van der Waals surface area contributed by atoms with Crippen molar-refractivity contribution in [2.45, 2.75) is 12.8 Å². The molecule has 94 valence electrons. The summed E-state index contributed by atoms with van der Waals surface area (Å²) in [5.41, 5.74) is 0.632. The van der Waals surface area contributed by atoms with Gasteiger partial charge in [-0.2, -0.15) is 0 Å². The number of amides is 1. The number of hydrogen-bond donors (Lipinski definition) is 1. The van der Waals surface area contributed by atoms with E-state index in [2.05, 4.69) is 0 Å². The Kier molecular flexibility index (Phi) is 5.03. The molecule has 0 bridgehead atoms. The van der Waals surface area contributed by atoms with Gasteiger partial charge in [0.1, 0.15) is 0 Å². The van der Waals surface area contributed by atoms with E-state index in [1.807, 2.05) is 0 Å². The molecule has 1 aromatic carbocycles. The van der Waals surface area contributed by atoms with Crippen LogP contribution in [0.4, 0.5) is 8.78 Å². The number of aliphatic hydroxyl groups excluding tert-OH is 1. The van der Waals surface area contributed by atoms with E-state index in [1.54, 1.807) is 7.05 Å². The Hall–Kier alpha value is -1.49. The van der Waals surface area contributed by atoms with Gasteiger partial charge in [0, 0.05) is 20.0 Å². The van der Waals surface area contributed by atoms with Crippen LogP contribution in [0, 0.1) is 11.6 Å². The Bertz CT molecular complexity index is 396. The van der Waals surface area contributed by atoms with Crippen molar-refractivity contribution < 1.29 is 18.7 Å². The zero-order valence-corrected chi connectivity index (χ0v) is 9.62. The van der Waals surface area contributed by atoms with Gasteiger partial charge in [0.25, 0.3) is 0 Å². The molecule has 0 unspecified atom stereocenters. The molecule has 17 heavy (non-hydrogen) atoms. The molecule has 1 rings (SSSR count). The molecule has 0 fully saturated rings. The number of carbonyl (C=O) groups is 1. The van der Waals surface area contributed by atoms with Gasteiger partial charge in [-0.15, -0.1) is 0 Å². The molecule has 0 saturated carbocycles. The molecule has 0 aliphatic heterocycles. The van der Waals surface area contributed by atoms with Gasteiger partial charge in [-0.05, 0) is 24.1 Å². The third-order valence-electron chi connectivity index (χ3n) is 2.47. The summed E-state index contributed by atoms with van der Waals surface area (Å²) in [5.74, 6) is -1.93. The molecule has 0 aromatic heterocycles. The van der Waals surface area contributed by atoms with Crippen molar-refractivity contribution in [2.75, 3.05) is 20.2 Å². The number of likely N-dealkylation sites (N-methyl/N-ethyl adjacent to an activating group) is 1. The number of hydrogen-bond acceptors (Lipinski definition) is 2. The van der Waals surface area contributed by atoms with E-state index in [-0.39, 0.29) is 18.9 Å². The zero-order chi connectivity index (χ0) is 12.8. The SMILES string of the molecule is CN(CCc1ccc(F)c(F)c1)C(=O)CCO. The summed E-state index contributed by atoms with van der Waals surface area (Å²) in [7, 11) is 1.61. The van der Waals surface area contributed by atoms with E-state index in [0.29, 0.717) is 18.5 Å². The van der Waals surface area contributed by atoms with Crippen LogP contribution in [0.3, 0.4) is 0 Å². The molecule has 1 N–H and O–H groups in total. The van der Waals surface area contributed by atoms with Crippen LogP contribution in [0.25, 0.3) is 0 Å². The first-order valence-corrected chi connectivity index (χ1v) is 5.33. The van der Waals surface area contributed by atoms with Crippen molar-refractivity contribution in [3.05, 3.63) is 35.4 Å².